The molecule has 0 bridgehead atoms. The zero-order valence-electron chi connectivity index (χ0n) is 10.2. The Kier molecular flexibility index (Phi) is 5.75. The summed E-state index contributed by atoms with van der Waals surface area (Å²) < 4.78 is 19.0. The Hall–Kier alpha value is -1.63. The van der Waals surface area contributed by atoms with E-state index in [9.17, 15) is 14.0 Å². The van der Waals surface area contributed by atoms with E-state index >= 15 is 0 Å². The minimum Gasteiger partial charge on any atom is -0.481 e. The zero-order valence-corrected chi connectivity index (χ0v) is 11.8. The van der Waals surface area contributed by atoms with E-state index in [1.54, 1.807) is 13.0 Å². The fourth-order valence-electron chi connectivity index (χ4n) is 1.36. The Bertz CT molecular complexity index is 481. The molecule has 0 aliphatic rings. The number of halogens is 2. The van der Waals surface area contributed by atoms with Crippen LogP contribution in [0.25, 0.3) is 0 Å². The number of likely N-dealkylation sites (N-methyl/N-ethyl adjacent to an activating group) is 1. The molecule has 0 aliphatic carbocycles. The van der Waals surface area contributed by atoms with Gasteiger partial charge in [-0.2, -0.15) is 0 Å². The van der Waals surface area contributed by atoms with Gasteiger partial charge in [0.2, 0.25) is 0 Å². The van der Waals surface area contributed by atoms with Crippen LogP contribution >= 0.6 is 15.9 Å². The highest BCUT2D eigenvalue weighted by Crippen LogP contribution is 2.21. The fraction of sp³-hybridized carbons (Fsp3) is 0.333. The van der Waals surface area contributed by atoms with Crippen LogP contribution in [0.1, 0.15) is 6.92 Å². The number of nitrogens with zero attached hydrogens (tertiary/aromatic N) is 1. The summed E-state index contributed by atoms with van der Waals surface area (Å²) in [6.45, 7) is 1.10. The number of amides is 1. The minimum absolute atomic E-state index is 0.0528. The maximum Gasteiger partial charge on any atom is 0.323 e. The van der Waals surface area contributed by atoms with Crippen molar-refractivity contribution in [2.24, 2.45) is 0 Å². The molecule has 0 saturated carbocycles. The second kappa shape index (κ2) is 7.08. The normalized spacial score (nSPS) is 10.1. The van der Waals surface area contributed by atoms with E-state index in [0.29, 0.717) is 4.47 Å². The highest BCUT2D eigenvalue weighted by atomic mass is 79.9. The van der Waals surface area contributed by atoms with Gasteiger partial charge >= 0.3 is 5.97 Å². The molecule has 0 atom stereocenters. The lowest BCUT2D eigenvalue weighted by Crippen LogP contribution is -2.38. The Morgan fingerprint density at radius 3 is 2.68 bits per heavy atom. The molecule has 7 heteroatoms. The first-order valence-electron chi connectivity index (χ1n) is 5.51. The van der Waals surface area contributed by atoms with Crippen LogP contribution in [-0.4, -0.2) is 41.6 Å². The van der Waals surface area contributed by atoms with Crippen LogP contribution in [0.2, 0.25) is 0 Å². The monoisotopic (exact) mass is 333 g/mol. The molecule has 1 aromatic carbocycles. The van der Waals surface area contributed by atoms with Gasteiger partial charge in [-0.3, -0.25) is 9.59 Å². The predicted molar refractivity (Wildman–Crippen MR) is 69.5 cm³/mol. The van der Waals surface area contributed by atoms with Crippen LogP contribution in [-0.2, 0) is 9.59 Å². The van der Waals surface area contributed by atoms with Crippen LogP contribution in [0.3, 0.4) is 0 Å². The molecule has 19 heavy (non-hydrogen) atoms. The summed E-state index contributed by atoms with van der Waals surface area (Å²) in [5, 5.41) is 8.62. The maximum atomic E-state index is 13.4. The largest absolute Gasteiger partial charge is 0.481 e. The lowest BCUT2D eigenvalue weighted by molar-refractivity contribution is -0.145. The average Bonchev–Trinajstić information content (AvgIpc) is 2.34. The molecule has 1 rings (SSSR count). The maximum absolute atomic E-state index is 13.4. The molecule has 0 aromatic heterocycles. The van der Waals surface area contributed by atoms with Crippen LogP contribution in [0.15, 0.2) is 22.7 Å². The summed E-state index contributed by atoms with van der Waals surface area (Å²) in [4.78, 5) is 23.3. The quantitative estimate of drug-likeness (QED) is 0.863. The Labute approximate surface area is 118 Å². The highest BCUT2D eigenvalue weighted by molar-refractivity contribution is 9.10. The summed E-state index contributed by atoms with van der Waals surface area (Å²) >= 11 is 3.10. The number of rotatable bonds is 6. The van der Waals surface area contributed by atoms with E-state index in [1.165, 1.54) is 12.1 Å². The molecule has 1 amide bonds. The number of hydrogen-bond donors (Lipinski definition) is 1. The molecular weight excluding hydrogens is 321 g/mol. The highest BCUT2D eigenvalue weighted by Gasteiger charge is 2.16. The standard InChI is InChI=1S/C12H13BrFNO4/c1-2-15(6-12(17)18)11(16)7-19-10-4-3-8(13)5-9(10)14/h3-5H,2,6-7H2,1H3,(H,17,18). The van der Waals surface area contributed by atoms with Gasteiger partial charge in [0, 0.05) is 11.0 Å². The number of hydrogen-bond acceptors (Lipinski definition) is 3. The number of aliphatic carboxylic acids is 1. The molecule has 0 heterocycles. The number of carboxylic acids is 1. The van der Waals surface area contributed by atoms with Crippen molar-refractivity contribution in [2.75, 3.05) is 19.7 Å². The van der Waals surface area contributed by atoms with Gasteiger partial charge in [0.25, 0.3) is 5.91 Å². The van der Waals surface area contributed by atoms with Crippen molar-refractivity contribution in [3.8, 4) is 5.75 Å². The molecule has 0 aliphatic heterocycles. The molecule has 0 saturated heterocycles. The third-order valence-electron chi connectivity index (χ3n) is 2.31. The van der Waals surface area contributed by atoms with Gasteiger partial charge in [-0.05, 0) is 25.1 Å². The second-order valence-electron chi connectivity index (χ2n) is 3.67. The first kappa shape index (κ1) is 15.4. The van der Waals surface area contributed by atoms with Crippen LogP contribution in [0, 0.1) is 5.82 Å². The van der Waals surface area contributed by atoms with Crippen molar-refractivity contribution in [3.05, 3.63) is 28.5 Å². The Morgan fingerprint density at radius 1 is 1.47 bits per heavy atom. The third kappa shape index (κ3) is 4.86. The van der Waals surface area contributed by atoms with E-state index in [0.717, 1.165) is 4.90 Å². The second-order valence-corrected chi connectivity index (χ2v) is 4.58. The number of benzene rings is 1. The van der Waals surface area contributed by atoms with Gasteiger partial charge in [0.1, 0.15) is 6.54 Å². The molecule has 0 spiro atoms. The van der Waals surface area contributed by atoms with Gasteiger partial charge in [-0.25, -0.2) is 4.39 Å². The van der Waals surface area contributed by atoms with E-state index < -0.39 is 30.8 Å². The molecule has 1 aromatic rings. The Balaban J connectivity index is 2.60. The smallest absolute Gasteiger partial charge is 0.323 e. The van der Waals surface area contributed by atoms with E-state index in [4.69, 9.17) is 9.84 Å². The van der Waals surface area contributed by atoms with Crippen LogP contribution in [0.4, 0.5) is 4.39 Å². The number of carbonyl (C=O) groups is 2. The molecule has 104 valence electrons. The molecule has 5 nitrogen and oxygen atoms in total. The number of carbonyl (C=O) groups excluding carboxylic acids is 1. The zero-order chi connectivity index (χ0) is 14.4. The van der Waals surface area contributed by atoms with E-state index in [1.807, 2.05) is 0 Å². The summed E-state index contributed by atoms with van der Waals surface area (Å²) in [5.41, 5.74) is 0. The summed E-state index contributed by atoms with van der Waals surface area (Å²) in [7, 11) is 0. The lowest BCUT2D eigenvalue weighted by Gasteiger charge is -2.18. The summed E-state index contributed by atoms with van der Waals surface area (Å²) in [6, 6.07) is 4.19. The van der Waals surface area contributed by atoms with Crippen molar-refractivity contribution >= 4 is 27.8 Å². The topological polar surface area (TPSA) is 66.8 Å². The summed E-state index contributed by atoms with van der Waals surface area (Å²) in [6.07, 6.45) is 0. The first-order valence-corrected chi connectivity index (χ1v) is 6.30. The van der Waals surface area contributed by atoms with Gasteiger partial charge in [-0.15, -0.1) is 0 Å². The van der Waals surface area contributed by atoms with E-state index in [2.05, 4.69) is 15.9 Å². The predicted octanol–water partition coefficient (Wildman–Crippen LogP) is 1.90. The third-order valence-corrected chi connectivity index (χ3v) is 2.80. The van der Waals surface area contributed by atoms with Gasteiger partial charge in [0.05, 0.1) is 0 Å². The number of carboxylic acid groups (broad SMARTS) is 1. The SMILES string of the molecule is CCN(CC(=O)O)C(=O)COc1ccc(Br)cc1F. The molecule has 0 fully saturated rings. The lowest BCUT2D eigenvalue weighted by atomic mass is 10.3. The van der Waals surface area contributed by atoms with Gasteiger partial charge in [0.15, 0.2) is 18.2 Å². The van der Waals surface area contributed by atoms with Crippen molar-refractivity contribution in [1.82, 2.24) is 4.90 Å². The van der Waals surface area contributed by atoms with Crippen molar-refractivity contribution in [1.29, 1.82) is 0 Å². The minimum atomic E-state index is -1.11. The molecule has 0 radical (unpaired) electrons. The summed E-state index contributed by atoms with van der Waals surface area (Å²) in [5.74, 6) is -2.26. The van der Waals surface area contributed by atoms with Crippen LogP contribution in [0.5, 0.6) is 5.75 Å². The van der Waals surface area contributed by atoms with Crippen molar-refractivity contribution in [2.45, 2.75) is 6.92 Å². The van der Waals surface area contributed by atoms with Crippen molar-refractivity contribution < 1.29 is 23.8 Å². The molecular formula is C12H13BrFNO4. The first-order chi connectivity index (χ1) is 8.93. The van der Waals surface area contributed by atoms with Gasteiger partial charge < -0.3 is 14.7 Å². The Morgan fingerprint density at radius 2 is 2.16 bits per heavy atom. The molecule has 1 N–H and O–H groups in total. The van der Waals surface area contributed by atoms with Crippen molar-refractivity contribution in [3.63, 3.8) is 0 Å². The van der Waals surface area contributed by atoms with Gasteiger partial charge in [-0.1, -0.05) is 15.9 Å². The fourth-order valence-corrected chi connectivity index (χ4v) is 1.70. The number of ether oxygens (including phenoxy) is 1. The van der Waals surface area contributed by atoms with Crippen LogP contribution < -0.4 is 4.74 Å². The average molecular weight is 334 g/mol. The van der Waals surface area contributed by atoms with E-state index in [-0.39, 0.29) is 12.3 Å². The molecule has 0 unspecified atom stereocenters.